The minimum absolute atomic E-state index is 0.0712. The van der Waals surface area contributed by atoms with Crippen LogP contribution >= 0.6 is 0 Å². The number of aliphatic hydroxyl groups excluding tert-OH is 1. The lowest BCUT2D eigenvalue weighted by atomic mass is 10.0. The Morgan fingerprint density at radius 1 is 1.32 bits per heavy atom. The van der Waals surface area contributed by atoms with Crippen molar-refractivity contribution < 1.29 is 24.5 Å². The molecule has 1 heterocycles. The van der Waals surface area contributed by atoms with Gasteiger partial charge < -0.3 is 20.3 Å². The van der Waals surface area contributed by atoms with E-state index in [0.29, 0.717) is 0 Å². The van der Waals surface area contributed by atoms with Crippen molar-refractivity contribution in [2.75, 3.05) is 0 Å². The molecule has 6 nitrogen and oxygen atoms in total. The third kappa shape index (κ3) is 2.00. The summed E-state index contributed by atoms with van der Waals surface area (Å²) in [5.41, 5.74) is 0.166. The minimum atomic E-state index is -1.03. The molecule has 1 aromatic carbocycles. The van der Waals surface area contributed by atoms with Gasteiger partial charge in [-0.15, -0.1) is 0 Å². The molecule has 3 N–H and O–H groups in total. The van der Waals surface area contributed by atoms with E-state index in [0.717, 1.165) is 6.08 Å². The van der Waals surface area contributed by atoms with E-state index in [9.17, 15) is 19.8 Å². The van der Waals surface area contributed by atoms with Crippen molar-refractivity contribution in [2.45, 2.75) is 18.3 Å². The summed E-state index contributed by atoms with van der Waals surface area (Å²) in [4.78, 5) is 23.4. The van der Waals surface area contributed by atoms with Crippen molar-refractivity contribution in [3.63, 3.8) is 0 Å². The van der Waals surface area contributed by atoms with E-state index >= 15 is 0 Å². The van der Waals surface area contributed by atoms with Gasteiger partial charge in [0, 0.05) is 6.08 Å². The number of ether oxygens (including phenoxy) is 1. The Morgan fingerprint density at radius 3 is 2.79 bits per heavy atom. The second-order valence-corrected chi connectivity index (χ2v) is 4.44. The quantitative estimate of drug-likeness (QED) is 0.636. The summed E-state index contributed by atoms with van der Waals surface area (Å²) in [6.45, 7) is 0. The number of epoxide rings is 1. The van der Waals surface area contributed by atoms with Crippen LogP contribution in [0, 0.1) is 0 Å². The highest BCUT2D eigenvalue weighted by atomic mass is 16.6. The number of nitrogens with one attached hydrogen (secondary N) is 1. The van der Waals surface area contributed by atoms with Crippen LogP contribution in [0.5, 0.6) is 5.75 Å². The Labute approximate surface area is 108 Å². The lowest BCUT2D eigenvalue weighted by Crippen LogP contribution is -2.37. The lowest BCUT2D eigenvalue weighted by molar-refractivity contribution is -0.116. The number of phenols is 1. The normalized spacial score (nSPS) is 28.4. The Morgan fingerprint density at radius 2 is 2.05 bits per heavy atom. The highest BCUT2D eigenvalue weighted by Gasteiger charge is 2.53. The topological polar surface area (TPSA) is 99.2 Å². The fraction of sp³-hybridized carbons (Fsp3) is 0.231. The van der Waals surface area contributed by atoms with Gasteiger partial charge in [0.05, 0.1) is 11.3 Å². The number of carbonyl (C=O) groups is 2. The Balaban J connectivity index is 1.80. The van der Waals surface area contributed by atoms with E-state index < -0.39 is 24.2 Å². The summed E-state index contributed by atoms with van der Waals surface area (Å²) in [6, 6.07) is 6.02. The van der Waals surface area contributed by atoms with Crippen LogP contribution in [0.4, 0.5) is 0 Å². The highest BCUT2D eigenvalue weighted by Crippen LogP contribution is 2.33. The second kappa shape index (κ2) is 4.18. The van der Waals surface area contributed by atoms with Gasteiger partial charge in [-0.05, 0) is 12.1 Å². The summed E-state index contributed by atoms with van der Waals surface area (Å²) in [5.74, 6) is -1.03. The number of aromatic hydroxyl groups is 1. The van der Waals surface area contributed by atoms with E-state index in [2.05, 4.69) is 5.32 Å². The Bertz CT molecular complexity index is 594. The number of rotatable bonds is 2. The molecule has 0 unspecified atom stereocenters. The zero-order valence-electron chi connectivity index (χ0n) is 9.74. The molecule has 6 heteroatoms. The number of hydrogen-bond acceptors (Lipinski definition) is 5. The van der Waals surface area contributed by atoms with E-state index in [1.807, 2.05) is 0 Å². The number of aliphatic hydroxyl groups is 1. The van der Waals surface area contributed by atoms with Gasteiger partial charge in [-0.2, -0.15) is 0 Å². The van der Waals surface area contributed by atoms with Crippen molar-refractivity contribution in [3.05, 3.63) is 41.6 Å². The highest BCUT2D eigenvalue weighted by molar-refractivity contribution is 6.01. The molecular formula is C13H11NO5. The SMILES string of the molecule is O=C(NC1=CC(=O)[C@H]2O[C@H]2[C@@H]1O)c1ccccc1O. The summed E-state index contributed by atoms with van der Waals surface area (Å²) < 4.78 is 4.99. The van der Waals surface area contributed by atoms with Gasteiger partial charge in [0.25, 0.3) is 5.91 Å². The molecule has 0 aromatic heterocycles. The zero-order valence-corrected chi connectivity index (χ0v) is 9.74. The maximum Gasteiger partial charge on any atom is 0.259 e. The fourth-order valence-electron chi connectivity index (χ4n) is 2.06. The van der Waals surface area contributed by atoms with Gasteiger partial charge in [0.15, 0.2) is 5.78 Å². The third-order valence-electron chi connectivity index (χ3n) is 3.14. The van der Waals surface area contributed by atoms with Crippen molar-refractivity contribution in [1.82, 2.24) is 5.32 Å². The monoisotopic (exact) mass is 261 g/mol. The number of fused-ring (bicyclic) bond motifs is 1. The van der Waals surface area contributed by atoms with Crippen LogP contribution in [0.3, 0.4) is 0 Å². The molecule has 1 saturated heterocycles. The number of benzene rings is 1. The number of hydrogen-bond donors (Lipinski definition) is 3. The molecule has 1 fully saturated rings. The third-order valence-corrected chi connectivity index (χ3v) is 3.14. The summed E-state index contributed by atoms with van der Waals surface area (Å²) in [6.07, 6.45) is -1.02. The van der Waals surface area contributed by atoms with Crippen molar-refractivity contribution in [3.8, 4) is 5.75 Å². The molecule has 1 aliphatic carbocycles. The minimum Gasteiger partial charge on any atom is -0.507 e. The van der Waals surface area contributed by atoms with Crippen molar-refractivity contribution >= 4 is 11.7 Å². The van der Waals surface area contributed by atoms with Gasteiger partial charge in [0.1, 0.15) is 24.1 Å². The van der Waals surface area contributed by atoms with Gasteiger partial charge in [0.2, 0.25) is 0 Å². The molecule has 3 rings (SSSR count). The van der Waals surface area contributed by atoms with E-state index in [1.54, 1.807) is 12.1 Å². The summed E-state index contributed by atoms with van der Waals surface area (Å²) >= 11 is 0. The molecule has 3 atom stereocenters. The molecule has 1 amide bonds. The first kappa shape index (κ1) is 11.9. The van der Waals surface area contributed by atoms with Crippen LogP contribution in [0.2, 0.25) is 0 Å². The molecule has 0 radical (unpaired) electrons. The van der Waals surface area contributed by atoms with Crippen LogP contribution in [0.15, 0.2) is 36.0 Å². The average molecular weight is 261 g/mol. The molecular weight excluding hydrogens is 250 g/mol. The average Bonchev–Trinajstić information content (AvgIpc) is 3.17. The van der Waals surface area contributed by atoms with Gasteiger partial charge in [-0.1, -0.05) is 12.1 Å². The van der Waals surface area contributed by atoms with E-state index in [-0.39, 0.29) is 22.8 Å². The number of amides is 1. The molecule has 1 aliphatic heterocycles. The second-order valence-electron chi connectivity index (χ2n) is 4.44. The molecule has 0 spiro atoms. The first-order valence-corrected chi connectivity index (χ1v) is 5.76. The molecule has 0 bridgehead atoms. The summed E-state index contributed by atoms with van der Waals surface area (Å²) in [7, 11) is 0. The van der Waals surface area contributed by atoms with Crippen LogP contribution < -0.4 is 5.32 Å². The Kier molecular flexibility index (Phi) is 2.62. The lowest BCUT2D eigenvalue weighted by Gasteiger charge is -2.17. The van der Waals surface area contributed by atoms with E-state index in [1.165, 1.54) is 12.1 Å². The largest absolute Gasteiger partial charge is 0.507 e. The first-order valence-electron chi connectivity index (χ1n) is 5.76. The molecule has 19 heavy (non-hydrogen) atoms. The van der Waals surface area contributed by atoms with Crippen molar-refractivity contribution in [2.24, 2.45) is 0 Å². The number of carbonyl (C=O) groups excluding carboxylic acids is 2. The van der Waals surface area contributed by atoms with Gasteiger partial charge in [-0.25, -0.2) is 0 Å². The van der Waals surface area contributed by atoms with Crippen LogP contribution in [-0.4, -0.2) is 40.2 Å². The zero-order chi connectivity index (χ0) is 13.6. The van der Waals surface area contributed by atoms with Gasteiger partial charge in [-0.3, -0.25) is 9.59 Å². The molecule has 1 aromatic rings. The predicted molar refractivity (Wildman–Crippen MR) is 63.3 cm³/mol. The standard InChI is InChI=1S/C13H11NO5/c15-8-4-2-1-3-6(8)13(18)14-7-5-9(16)11-12(19-11)10(7)17/h1-5,10-12,15,17H,(H,14,18)/t10-,11-,12+/m1/s1. The first-order chi connectivity index (χ1) is 9.08. The molecule has 98 valence electrons. The molecule has 0 saturated carbocycles. The number of ketones is 1. The molecule has 2 aliphatic rings. The number of para-hydroxylation sites is 1. The maximum absolute atomic E-state index is 11.9. The predicted octanol–water partition coefficient (Wildman–Crippen LogP) is -0.283. The fourth-order valence-corrected chi connectivity index (χ4v) is 2.06. The van der Waals surface area contributed by atoms with Gasteiger partial charge >= 0.3 is 0 Å². The maximum atomic E-state index is 11.9. The Hall–Kier alpha value is -2.18. The smallest absolute Gasteiger partial charge is 0.259 e. The van der Waals surface area contributed by atoms with Crippen LogP contribution in [0.1, 0.15) is 10.4 Å². The number of phenolic OH excluding ortho intramolecular Hbond substituents is 1. The summed E-state index contributed by atoms with van der Waals surface area (Å²) in [5, 5.41) is 21.8. The van der Waals surface area contributed by atoms with Crippen LogP contribution in [-0.2, 0) is 9.53 Å². The van der Waals surface area contributed by atoms with E-state index in [4.69, 9.17) is 4.74 Å². The van der Waals surface area contributed by atoms with Crippen molar-refractivity contribution in [1.29, 1.82) is 0 Å². The van der Waals surface area contributed by atoms with Crippen LogP contribution in [0.25, 0.3) is 0 Å².